The van der Waals surface area contributed by atoms with Crippen molar-refractivity contribution in [2.24, 2.45) is 0 Å². The van der Waals surface area contributed by atoms with Crippen LogP contribution in [0.25, 0.3) is 0 Å². The molecule has 0 bridgehead atoms. The maximum atomic E-state index is 11.2. The van der Waals surface area contributed by atoms with Gasteiger partial charge in [0, 0.05) is 32.9 Å². The normalized spacial score (nSPS) is 21.7. The Labute approximate surface area is 88.5 Å². The van der Waals surface area contributed by atoms with Crippen molar-refractivity contribution in [3.63, 3.8) is 0 Å². The summed E-state index contributed by atoms with van der Waals surface area (Å²) in [5.41, 5.74) is 0. The third-order valence-corrected chi connectivity index (χ3v) is 2.78. The first-order valence-corrected chi connectivity index (χ1v) is 5.22. The van der Waals surface area contributed by atoms with Gasteiger partial charge in [0.2, 0.25) is 11.8 Å². The zero-order valence-corrected chi connectivity index (χ0v) is 9.06. The monoisotopic (exact) mass is 209 g/mol. The second kappa shape index (κ2) is 4.00. The lowest BCUT2D eigenvalue weighted by atomic mass is 9.97. The molecule has 1 atom stereocenters. The Hall–Kier alpha value is -1.39. The molecule has 1 aromatic heterocycles. The lowest BCUT2D eigenvalue weighted by Crippen LogP contribution is -2.37. The molecule has 0 spiro atoms. The number of carbonyl (C=O) groups excluding carboxylic acids is 1. The second-order valence-corrected chi connectivity index (χ2v) is 3.98. The van der Waals surface area contributed by atoms with Crippen LogP contribution >= 0.6 is 0 Å². The Balaban J connectivity index is 2.07. The summed E-state index contributed by atoms with van der Waals surface area (Å²) < 4.78 is 4.95. The topological polar surface area (TPSA) is 59.2 Å². The van der Waals surface area contributed by atoms with Gasteiger partial charge in [-0.1, -0.05) is 5.16 Å². The average molecular weight is 209 g/mol. The Morgan fingerprint density at radius 3 is 3.00 bits per heavy atom. The van der Waals surface area contributed by atoms with E-state index in [0.29, 0.717) is 12.4 Å². The summed E-state index contributed by atoms with van der Waals surface area (Å²) >= 11 is 0. The van der Waals surface area contributed by atoms with E-state index < -0.39 is 0 Å². The number of amides is 1. The molecule has 0 saturated carbocycles. The molecular formula is C10H15N3O2. The van der Waals surface area contributed by atoms with E-state index in [1.165, 1.54) is 0 Å². The number of nitrogens with zero attached hydrogens (tertiary/aromatic N) is 3. The van der Waals surface area contributed by atoms with E-state index in [2.05, 4.69) is 10.1 Å². The molecule has 1 aliphatic rings. The Bertz CT molecular complexity index is 361. The van der Waals surface area contributed by atoms with Gasteiger partial charge in [0.05, 0.1) is 0 Å². The molecule has 15 heavy (non-hydrogen) atoms. The van der Waals surface area contributed by atoms with Crippen LogP contribution in [0.1, 0.15) is 37.4 Å². The molecule has 1 amide bonds. The van der Waals surface area contributed by atoms with Gasteiger partial charge in [-0.3, -0.25) is 4.79 Å². The van der Waals surface area contributed by atoms with Gasteiger partial charge < -0.3 is 9.42 Å². The minimum Gasteiger partial charge on any atom is -0.342 e. The molecule has 5 heteroatoms. The van der Waals surface area contributed by atoms with E-state index >= 15 is 0 Å². The fourth-order valence-corrected chi connectivity index (χ4v) is 1.95. The first-order chi connectivity index (χ1) is 7.16. The summed E-state index contributed by atoms with van der Waals surface area (Å²) in [6.45, 7) is 4.95. The number of piperidine rings is 1. The molecule has 2 rings (SSSR count). The molecule has 5 nitrogen and oxygen atoms in total. The number of hydrogen-bond donors (Lipinski definition) is 0. The van der Waals surface area contributed by atoms with Gasteiger partial charge in [-0.2, -0.15) is 4.98 Å². The zero-order chi connectivity index (χ0) is 10.8. The first-order valence-electron chi connectivity index (χ1n) is 5.22. The van der Waals surface area contributed by atoms with Crippen LogP contribution in [0.4, 0.5) is 0 Å². The van der Waals surface area contributed by atoms with Gasteiger partial charge in [0.1, 0.15) is 0 Å². The van der Waals surface area contributed by atoms with Gasteiger partial charge in [0.25, 0.3) is 0 Å². The Morgan fingerprint density at radius 2 is 2.40 bits per heavy atom. The number of rotatable bonds is 1. The smallest absolute Gasteiger partial charge is 0.223 e. The van der Waals surface area contributed by atoms with E-state index in [1.54, 1.807) is 13.8 Å². The number of likely N-dealkylation sites (tertiary alicyclic amines) is 1. The molecule has 1 aliphatic heterocycles. The fraction of sp³-hybridized carbons (Fsp3) is 0.700. The van der Waals surface area contributed by atoms with Crippen LogP contribution in [0.5, 0.6) is 0 Å². The molecule has 1 aromatic rings. The molecule has 1 saturated heterocycles. The number of aromatic nitrogens is 2. The van der Waals surface area contributed by atoms with Crippen molar-refractivity contribution >= 4 is 5.91 Å². The van der Waals surface area contributed by atoms with Crippen LogP contribution in [0, 0.1) is 6.92 Å². The highest BCUT2D eigenvalue weighted by Crippen LogP contribution is 2.24. The fourth-order valence-electron chi connectivity index (χ4n) is 1.95. The molecule has 2 heterocycles. The van der Waals surface area contributed by atoms with Crippen molar-refractivity contribution in [3.05, 3.63) is 11.7 Å². The van der Waals surface area contributed by atoms with Crippen molar-refractivity contribution in [3.8, 4) is 0 Å². The third-order valence-electron chi connectivity index (χ3n) is 2.78. The van der Waals surface area contributed by atoms with E-state index in [-0.39, 0.29) is 11.8 Å². The van der Waals surface area contributed by atoms with Crippen LogP contribution in [0.2, 0.25) is 0 Å². The Morgan fingerprint density at radius 1 is 1.60 bits per heavy atom. The minimum absolute atomic E-state index is 0.125. The van der Waals surface area contributed by atoms with Crippen LogP contribution in [0.3, 0.4) is 0 Å². The van der Waals surface area contributed by atoms with Crippen molar-refractivity contribution in [1.82, 2.24) is 15.0 Å². The van der Waals surface area contributed by atoms with Gasteiger partial charge >= 0.3 is 0 Å². The molecule has 1 fully saturated rings. The predicted octanol–water partition coefficient (Wildman–Crippen LogP) is 1.10. The molecule has 1 unspecified atom stereocenters. The van der Waals surface area contributed by atoms with Crippen LogP contribution in [-0.4, -0.2) is 34.0 Å². The van der Waals surface area contributed by atoms with Gasteiger partial charge in [-0.05, 0) is 12.8 Å². The number of carbonyl (C=O) groups is 1. The molecule has 0 aliphatic carbocycles. The summed E-state index contributed by atoms with van der Waals surface area (Å²) in [4.78, 5) is 17.3. The van der Waals surface area contributed by atoms with E-state index in [4.69, 9.17) is 4.52 Å². The van der Waals surface area contributed by atoms with Crippen LogP contribution < -0.4 is 0 Å². The predicted molar refractivity (Wildman–Crippen MR) is 53.3 cm³/mol. The van der Waals surface area contributed by atoms with Gasteiger partial charge in [-0.15, -0.1) is 0 Å². The highest BCUT2D eigenvalue weighted by Gasteiger charge is 2.25. The second-order valence-electron chi connectivity index (χ2n) is 3.98. The molecule has 82 valence electrons. The highest BCUT2D eigenvalue weighted by molar-refractivity contribution is 5.73. The molecule has 0 aromatic carbocycles. The lowest BCUT2D eigenvalue weighted by molar-refractivity contribution is -0.130. The molecule has 0 radical (unpaired) electrons. The standard InChI is InChI=1S/C10H15N3O2/c1-7-11-10(12-15-7)9-4-3-5-13(6-9)8(2)14/h9H,3-6H2,1-2H3. The summed E-state index contributed by atoms with van der Waals surface area (Å²) in [7, 11) is 0. The van der Waals surface area contributed by atoms with Gasteiger partial charge in [-0.25, -0.2) is 0 Å². The SMILES string of the molecule is CC(=O)N1CCCC(c2noc(C)n2)C1. The maximum Gasteiger partial charge on any atom is 0.223 e. The highest BCUT2D eigenvalue weighted by atomic mass is 16.5. The minimum atomic E-state index is 0.125. The quantitative estimate of drug-likeness (QED) is 0.695. The summed E-state index contributed by atoms with van der Waals surface area (Å²) in [5.74, 6) is 1.68. The van der Waals surface area contributed by atoms with E-state index in [0.717, 1.165) is 25.2 Å². The first kappa shape index (κ1) is 10.1. The largest absolute Gasteiger partial charge is 0.342 e. The van der Waals surface area contributed by atoms with Gasteiger partial charge in [0.15, 0.2) is 5.82 Å². The molecule has 0 N–H and O–H groups in total. The average Bonchev–Trinajstić information content (AvgIpc) is 2.65. The number of aryl methyl sites for hydroxylation is 1. The van der Waals surface area contributed by atoms with Crippen molar-refractivity contribution in [2.45, 2.75) is 32.6 Å². The number of hydrogen-bond acceptors (Lipinski definition) is 4. The van der Waals surface area contributed by atoms with Crippen molar-refractivity contribution in [1.29, 1.82) is 0 Å². The summed E-state index contributed by atoms with van der Waals surface area (Å²) in [5, 5.41) is 3.91. The van der Waals surface area contributed by atoms with Crippen molar-refractivity contribution < 1.29 is 9.32 Å². The summed E-state index contributed by atoms with van der Waals surface area (Å²) in [6, 6.07) is 0. The lowest BCUT2D eigenvalue weighted by Gasteiger charge is -2.30. The maximum absolute atomic E-state index is 11.2. The van der Waals surface area contributed by atoms with Crippen molar-refractivity contribution in [2.75, 3.05) is 13.1 Å². The Kier molecular flexibility index (Phi) is 2.70. The third kappa shape index (κ3) is 2.16. The zero-order valence-electron chi connectivity index (χ0n) is 9.06. The van der Waals surface area contributed by atoms with E-state index in [9.17, 15) is 4.79 Å². The van der Waals surface area contributed by atoms with Crippen LogP contribution in [0.15, 0.2) is 4.52 Å². The molecular weight excluding hydrogens is 194 g/mol. The van der Waals surface area contributed by atoms with E-state index in [1.807, 2.05) is 4.90 Å². The van der Waals surface area contributed by atoms with Crippen LogP contribution in [-0.2, 0) is 4.79 Å². The summed E-state index contributed by atoms with van der Waals surface area (Å²) in [6.07, 6.45) is 2.04.